The van der Waals surface area contributed by atoms with Gasteiger partial charge in [0, 0.05) is 24.9 Å². The molecule has 0 aromatic carbocycles. The number of piperidine rings is 1. The van der Waals surface area contributed by atoms with E-state index in [0.29, 0.717) is 11.8 Å². The molecule has 2 aromatic heterocycles. The zero-order chi connectivity index (χ0) is 16.5. The lowest BCUT2D eigenvalue weighted by Crippen LogP contribution is -2.33. The van der Waals surface area contributed by atoms with Crippen molar-refractivity contribution in [1.29, 1.82) is 0 Å². The summed E-state index contributed by atoms with van der Waals surface area (Å²) in [5, 5.41) is 4.13. The molecular formula is C16H18F2N4O2. The van der Waals surface area contributed by atoms with Gasteiger partial charge in [-0.1, -0.05) is 5.16 Å². The molecule has 0 spiro atoms. The fraction of sp³-hybridized carbons (Fsp3) is 0.562. The molecule has 1 saturated carbocycles. The topological polar surface area (TPSA) is 64.3 Å². The smallest absolute Gasteiger partial charge is 0.387 e. The standard InChI is InChI=1S/C16H18F2N4O2/c17-16(18)23-12-3-4-13(19-9-12)22-7-5-10(6-8-22)14-20-15(24-21-14)11-1-2-11/h3-4,9-11,16H,1-2,5-8H2. The molecule has 8 heteroatoms. The van der Waals surface area contributed by atoms with Gasteiger partial charge in [-0.05, 0) is 37.8 Å². The average molecular weight is 336 g/mol. The molecule has 6 nitrogen and oxygen atoms in total. The van der Waals surface area contributed by atoms with E-state index in [2.05, 4.69) is 24.8 Å². The van der Waals surface area contributed by atoms with Gasteiger partial charge in [-0.3, -0.25) is 0 Å². The molecule has 1 saturated heterocycles. The molecule has 24 heavy (non-hydrogen) atoms. The molecule has 2 aliphatic rings. The van der Waals surface area contributed by atoms with Crippen LogP contribution in [0.25, 0.3) is 0 Å². The molecule has 0 amide bonds. The fourth-order valence-corrected chi connectivity index (χ4v) is 3.01. The minimum atomic E-state index is -2.83. The average Bonchev–Trinajstić information content (AvgIpc) is 3.32. The zero-order valence-electron chi connectivity index (χ0n) is 13.1. The summed E-state index contributed by atoms with van der Waals surface area (Å²) in [5.41, 5.74) is 0. The summed E-state index contributed by atoms with van der Waals surface area (Å²) < 4.78 is 34.0. The van der Waals surface area contributed by atoms with Crippen LogP contribution < -0.4 is 9.64 Å². The maximum absolute atomic E-state index is 12.2. The summed E-state index contributed by atoms with van der Waals surface area (Å²) in [5.74, 6) is 3.21. The van der Waals surface area contributed by atoms with Crippen molar-refractivity contribution < 1.29 is 18.0 Å². The van der Waals surface area contributed by atoms with Crippen LogP contribution in [0.2, 0.25) is 0 Å². The van der Waals surface area contributed by atoms with E-state index in [1.54, 1.807) is 6.07 Å². The number of alkyl halides is 2. The van der Waals surface area contributed by atoms with E-state index in [9.17, 15) is 8.78 Å². The third-order valence-electron chi connectivity index (χ3n) is 4.51. The number of rotatable bonds is 5. The molecule has 4 rings (SSSR count). The van der Waals surface area contributed by atoms with Crippen molar-refractivity contribution in [2.24, 2.45) is 0 Å². The maximum atomic E-state index is 12.2. The minimum Gasteiger partial charge on any atom is -0.433 e. The zero-order valence-corrected chi connectivity index (χ0v) is 13.1. The number of pyridine rings is 1. The summed E-state index contributed by atoms with van der Waals surface area (Å²) >= 11 is 0. The Morgan fingerprint density at radius 1 is 1.12 bits per heavy atom. The predicted molar refractivity (Wildman–Crippen MR) is 81.3 cm³/mol. The lowest BCUT2D eigenvalue weighted by atomic mass is 9.96. The number of hydrogen-bond donors (Lipinski definition) is 0. The third-order valence-corrected chi connectivity index (χ3v) is 4.51. The Morgan fingerprint density at radius 3 is 2.54 bits per heavy atom. The van der Waals surface area contributed by atoms with Gasteiger partial charge in [0.2, 0.25) is 5.89 Å². The Hall–Kier alpha value is -2.25. The SMILES string of the molecule is FC(F)Oc1ccc(N2CCC(c3noc(C4CC4)n3)CC2)nc1. The Labute approximate surface area is 137 Å². The Kier molecular flexibility index (Phi) is 4.03. The van der Waals surface area contributed by atoms with Crippen LogP contribution in [0.15, 0.2) is 22.9 Å². The molecule has 0 N–H and O–H groups in total. The van der Waals surface area contributed by atoms with Crippen LogP contribution in [0.3, 0.4) is 0 Å². The van der Waals surface area contributed by atoms with Crippen molar-refractivity contribution in [2.45, 2.75) is 44.1 Å². The summed E-state index contributed by atoms with van der Waals surface area (Å²) in [6.07, 6.45) is 5.46. The van der Waals surface area contributed by atoms with Gasteiger partial charge in [-0.15, -0.1) is 0 Å². The van der Waals surface area contributed by atoms with Crippen LogP contribution in [0.4, 0.5) is 14.6 Å². The second kappa shape index (κ2) is 6.33. The molecule has 0 radical (unpaired) electrons. The molecule has 0 unspecified atom stereocenters. The number of halogens is 2. The number of aromatic nitrogens is 3. The first-order valence-corrected chi connectivity index (χ1v) is 8.18. The first-order chi connectivity index (χ1) is 11.7. The molecule has 1 aliphatic heterocycles. The van der Waals surface area contributed by atoms with Gasteiger partial charge in [0.25, 0.3) is 0 Å². The first-order valence-electron chi connectivity index (χ1n) is 8.18. The van der Waals surface area contributed by atoms with Gasteiger partial charge in [0.15, 0.2) is 5.82 Å². The van der Waals surface area contributed by atoms with Gasteiger partial charge in [-0.25, -0.2) is 4.98 Å². The van der Waals surface area contributed by atoms with Crippen molar-refractivity contribution in [3.8, 4) is 5.75 Å². The molecule has 128 valence electrons. The van der Waals surface area contributed by atoms with Crippen molar-refractivity contribution >= 4 is 5.82 Å². The number of nitrogens with zero attached hydrogens (tertiary/aromatic N) is 4. The van der Waals surface area contributed by atoms with Crippen LogP contribution in [0, 0.1) is 0 Å². The quantitative estimate of drug-likeness (QED) is 0.834. The van der Waals surface area contributed by atoms with Crippen LogP contribution in [-0.4, -0.2) is 34.8 Å². The van der Waals surface area contributed by atoms with Crippen molar-refractivity contribution in [2.75, 3.05) is 18.0 Å². The predicted octanol–water partition coefficient (Wildman–Crippen LogP) is 3.33. The molecule has 1 aliphatic carbocycles. The second-order valence-corrected chi connectivity index (χ2v) is 6.26. The number of hydrogen-bond acceptors (Lipinski definition) is 6. The van der Waals surface area contributed by atoms with E-state index in [1.165, 1.54) is 12.3 Å². The van der Waals surface area contributed by atoms with Crippen LogP contribution in [-0.2, 0) is 0 Å². The van der Waals surface area contributed by atoms with E-state index in [-0.39, 0.29) is 5.75 Å². The van der Waals surface area contributed by atoms with Crippen molar-refractivity contribution in [3.05, 3.63) is 30.0 Å². The highest BCUT2D eigenvalue weighted by atomic mass is 19.3. The number of ether oxygens (including phenoxy) is 1. The fourth-order valence-electron chi connectivity index (χ4n) is 3.01. The maximum Gasteiger partial charge on any atom is 0.387 e. The Morgan fingerprint density at radius 2 is 1.92 bits per heavy atom. The van der Waals surface area contributed by atoms with Gasteiger partial charge in [-0.2, -0.15) is 13.8 Å². The Balaban J connectivity index is 1.35. The van der Waals surface area contributed by atoms with Gasteiger partial charge < -0.3 is 14.2 Å². The molecule has 0 bridgehead atoms. The van der Waals surface area contributed by atoms with E-state index in [0.717, 1.165) is 56.3 Å². The number of anilines is 1. The highest BCUT2D eigenvalue weighted by Crippen LogP contribution is 2.40. The minimum absolute atomic E-state index is 0.0723. The van der Waals surface area contributed by atoms with E-state index in [4.69, 9.17) is 4.52 Å². The first kappa shape index (κ1) is 15.3. The van der Waals surface area contributed by atoms with E-state index >= 15 is 0 Å². The van der Waals surface area contributed by atoms with Crippen molar-refractivity contribution in [3.63, 3.8) is 0 Å². The van der Waals surface area contributed by atoms with Crippen LogP contribution in [0.5, 0.6) is 5.75 Å². The molecule has 2 aromatic rings. The van der Waals surface area contributed by atoms with Gasteiger partial charge in [0.1, 0.15) is 11.6 Å². The highest BCUT2D eigenvalue weighted by Gasteiger charge is 2.32. The van der Waals surface area contributed by atoms with Gasteiger partial charge >= 0.3 is 6.61 Å². The van der Waals surface area contributed by atoms with Crippen LogP contribution >= 0.6 is 0 Å². The van der Waals surface area contributed by atoms with Gasteiger partial charge in [0.05, 0.1) is 6.20 Å². The van der Waals surface area contributed by atoms with Crippen LogP contribution in [0.1, 0.15) is 49.2 Å². The van der Waals surface area contributed by atoms with Crippen molar-refractivity contribution in [1.82, 2.24) is 15.1 Å². The summed E-state index contributed by atoms with van der Waals surface area (Å²) in [4.78, 5) is 10.9. The highest BCUT2D eigenvalue weighted by molar-refractivity contribution is 5.41. The van der Waals surface area contributed by atoms with E-state index in [1.807, 2.05) is 0 Å². The summed E-state index contributed by atoms with van der Waals surface area (Å²) in [6.45, 7) is -1.19. The molecule has 3 heterocycles. The lowest BCUT2D eigenvalue weighted by Gasteiger charge is -2.31. The molecule has 2 fully saturated rings. The normalized spacial score (nSPS) is 19.0. The van der Waals surface area contributed by atoms with E-state index < -0.39 is 6.61 Å². The second-order valence-electron chi connectivity index (χ2n) is 6.26. The molecule has 0 atom stereocenters. The largest absolute Gasteiger partial charge is 0.433 e. The summed E-state index contributed by atoms with van der Waals surface area (Å²) in [6, 6.07) is 3.22. The third kappa shape index (κ3) is 3.32. The monoisotopic (exact) mass is 336 g/mol. The Bertz CT molecular complexity index is 680. The lowest BCUT2D eigenvalue weighted by molar-refractivity contribution is -0.0500. The summed E-state index contributed by atoms with van der Waals surface area (Å²) in [7, 11) is 0. The molecular weight excluding hydrogens is 318 g/mol.